The van der Waals surface area contributed by atoms with Crippen molar-refractivity contribution in [3.05, 3.63) is 11.5 Å². The van der Waals surface area contributed by atoms with Gasteiger partial charge in [-0.1, -0.05) is 11.6 Å². The van der Waals surface area contributed by atoms with Gasteiger partial charge >= 0.3 is 0 Å². The van der Waals surface area contributed by atoms with Crippen LogP contribution in [-0.4, -0.2) is 38.9 Å². The van der Waals surface area contributed by atoms with Gasteiger partial charge in [0.2, 0.25) is 0 Å². The molecule has 3 rings (SSSR count). The lowest BCUT2D eigenvalue weighted by molar-refractivity contribution is 0.0907. The number of fused-ring (bicyclic) bond motifs is 1. The van der Waals surface area contributed by atoms with Crippen molar-refractivity contribution < 1.29 is 10.2 Å². The summed E-state index contributed by atoms with van der Waals surface area (Å²) in [6.45, 7) is -0.00365. The molecule has 1 aromatic heterocycles. The van der Waals surface area contributed by atoms with Crippen LogP contribution < -0.4 is 16.0 Å². The summed E-state index contributed by atoms with van der Waals surface area (Å²) in [6.07, 6.45) is 2.20. The van der Waals surface area contributed by atoms with Crippen LogP contribution in [0.25, 0.3) is 0 Å². The summed E-state index contributed by atoms with van der Waals surface area (Å²) in [5.74, 6) is 0.587. The van der Waals surface area contributed by atoms with E-state index in [0.29, 0.717) is 29.5 Å². The number of halogens is 1. The Labute approximate surface area is 109 Å². The highest BCUT2D eigenvalue weighted by Crippen LogP contribution is 2.37. The molecule has 0 bridgehead atoms. The fourth-order valence-corrected chi connectivity index (χ4v) is 2.74. The molecule has 18 heavy (non-hydrogen) atoms. The quantitative estimate of drug-likeness (QED) is 0.559. The van der Waals surface area contributed by atoms with Gasteiger partial charge in [0, 0.05) is 12.5 Å². The van der Waals surface area contributed by atoms with Crippen LogP contribution in [-0.2, 0) is 0 Å². The van der Waals surface area contributed by atoms with Crippen LogP contribution >= 0.6 is 11.6 Å². The highest BCUT2D eigenvalue weighted by atomic mass is 35.5. The van der Waals surface area contributed by atoms with E-state index in [-0.39, 0.29) is 18.6 Å². The minimum Gasteiger partial charge on any atom is -0.396 e. The molecule has 1 aromatic rings. The van der Waals surface area contributed by atoms with E-state index >= 15 is 0 Å². The standard InChI is InChI=1S/C10H14ClN5O2/c11-9-8-10(13-4-12-9)16(15-14-8)6-1-5(3-17)7(18)2-6/h4-7,14-15,17-18H,1-3H2. The summed E-state index contributed by atoms with van der Waals surface area (Å²) in [6, 6.07) is 0.0665. The second-order valence-corrected chi connectivity index (χ2v) is 4.96. The Bertz CT molecular complexity index is 460. The van der Waals surface area contributed by atoms with Crippen molar-refractivity contribution in [2.75, 3.05) is 17.0 Å². The molecule has 8 heteroatoms. The number of aromatic nitrogens is 2. The first-order valence-corrected chi connectivity index (χ1v) is 6.18. The Kier molecular flexibility index (Phi) is 2.98. The van der Waals surface area contributed by atoms with Gasteiger partial charge in [-0.2, -0.15) is 0 Å². The molecule has 1 aliphatic carbocycles. The summed E-state index contributed by atoms with van der Waals surface area (Å²) >= 11 is 5.96. The van der Waals surface area contributed by atoms with E-state index < -0.39 is 6.10 Å². The molecule has 0 radical (unpaired) electrons. The number of nitrogens with one attached hydrogen (secondary N) is 2. The molecule has 3 unspecified atom stereocenters. The van der Waals surface area contributed by atoms with Crippen LogP contribution in [0.15, 0.2) is 6.33 Å². The van der Waals surface area contributed by atoms with Crippen molar-refractivity contribution in [2.45, 2.75) is 25.0 Å². The summed E-state index contributed by atoms with van der Waals surface area (Å²) < 4.78 is 0. The fraction of sp³-hybridized carbons (Fsp3) is 0.600. The van der Waals surface area contributed by atoms with Gasteiger partial charge < -0.3 is 10.2 Å². The number of hydrogen-bond donors (Lipinski definition) is 4. The van der Waals surface area contributed by atoms with E-state index in [1.54, 1.807) is 0 Å². The lowest BCUT2D eigenvalue weighted by Crippen LogP contribution is -2.43. The lowest BCUT2D eigenvalue weighted by Gasteiger charge is -2.24. The second kappa shape index (κ2) is 4.51. The third-order valence-corrected chi connectivity index (χ3v) is 3.83. The van der Waals surface area contributed by atoms with Crippen LogP contribution in [0.5, 0.6) is 0 Å². The predicted octanol–water partition coefficient (Wildman–Crippen LogP) is -0.0867. The van der Waals surface area contributed by atoms with Gasteiger partial charge in [0.1, 0.15) is 12.0 Å². The van der Waals surface area contributed by atoms with Gasteiger partial charge in [0.05, 0.1) is 12.1 Å². The van der Waals surface area contributed by atoms with Gasteiger partial charge in [-0.25, -0.2) is 9.97 Å². The summed E-state index contributed by atoms with van der Waals surface area (Å²) in [5.41, 5.74) is 6.53. The molecular formula is C10H14ClN5O2. The van der Waals surface area contributed by atoms with Gasteiger partial charge in [-0.05, 0) is 12.8 Å². The Morgan fingerprint density at radius 3 is 3.00 bits per heavy atom. The summed E-state index contributed by atoms with van der Waals surface area (Å²) in [4.78, 5) is 8.08. The Balaban J connectivity index is 1.83. The molecular weight excluding hydrogens is 258 g/mol. The highest BCUT2D eigenvalue weighted by molar-refractivity contribution is 6.32. The van der Waals surface area contributed by atoms with Crippen LogP contribution in [0.1, 0.15) is 12.8 Å². The van der Waals surface area contributed by atoms with Crippen molar-refractivity contribution in [3.8, 4) is 0 Å². The largest absolute Gasteiger partial charge is 0.396 e. The number of aliphatic hydroxyl groups is 2. The lowest BCUT2D eigenvalue weighted by atomic mass is 10.1. The third kappa shape index (κ3) is 1.79. The molecule has 1 aliphatic heterocycles. The fourth-order valence-electron chi connectivity index (χ4n) is 2.56. The Morgan fingerprint density at radius 2 is 2.28 bits per heavy atom. The van der Waals surface area contributed by atoms with E-state index in [2.05, 4.69) is 20.9 Å². The van der Waals surface area contributed by atoms with E-state index in [1.807, 2.05) is 5.01 Å². The molecule has 98 valence electrons. The second-order valence-electron chi connectivity index (χ2n) is 4.61. The maximum atomic E-state index is 9.83. The highest BCUT2D eigenvalue weighted by Gasteiger charge is 2.39. The molecule has 7 nitrogen and oxygen atoms in total. The summed E-state index contributed by atoms with van der Waals surface area (Å²) in [7, 11) is 0. The third-order valence-electron chi connectivity index (χ3n) is 3.54. The average molecular weight is 272 g/mol. The van der Waals surface area contributed by atoms with E-state index in [0.717, 1.165) is 0 Å². The number of anilines is 2. The molecule has 1 saturated carbocycles. The zero-order valence-corrected chi connectivity index (χ0v) is 10.3. The normalized spacial score (nSPS) is 30.4. The first-order chi connectivity index (χ1) is 8.70. The molecule has 2 heterocycles. The first kappa shape index (κ1) is 11.9. The van der Waals surface area contributed by atoms with Crippen LogP contribution in [0.3, 0.4) is 0 Å². The maximum Gasteiger partial charge on any atom is 0.174 e. The Morgan fingerprint density at radius 1 is 1.44 bits per heavy atom. The first-order valence-electron chi connectivity index (χ1n) is 5.81. The molecule has 3 atom stereocenters. The van der Waals surface area contributed by atoms with Crippen LogP contribution in [0, 0.1) is 5.92 Å². The number of aliphatic hydroxyl groups excluding tert-OH is 2. The predicted molar refractivity (Wildman–Crippen MR) is 65.9 cm³/mol. The van der Waals surface area contributed by atoms with Crippen molar-refractivity contribution >= 4 is 23.1 Å². The van der Waals surface area contributed by atoms with Crippen LogP contribution in [0.2, 0.25) is 5.15 Å². The average Bonchev–Trinajstić information content (AvgIpc) is 2.93. The molecule has 2 aliphatic rings. The zero-order chi connectivity index (χ0) is 12.7. The van der Waals surface area contributed by atoms with E-state index in [4.69, 9.17) is 11.6 Å². The van der Waals surface area contributed by atoms with Crippen molar-refractivity contribution in [2.24, 2.45) is 5.92 Å². The van der Waals surface area contributed by atoms with Crippen molar-refractivity contribution in [3.63, 3.8) is 0 Å². The van der Waals surface area contributed by atoms with Gasteiger partial charge in [0.15, 0.2) is 11.0 Å². The van der Waals surface area contributed by atoms with E-state index in [9.17, 15) is 10.2 Å². The van der Waals surface area contributed by atoms with Gasteiger partial charge in [0.25, 0.3) is 0 Å². The SMILES string of the molecule is OCC1CC(N2NNc3c(Cl)ncnc32)CC1O. The maximum absolute atomic E-state index is 9.83. The minimum absolute atomic E-state index is 0.00365. The Hall–Kier alpha value is -1.15. The smallest absolute Gasteiger partial charge is 0.174 e. The number of nitrogens with zero attached hydrogens (tertiary/aromatic N) is 3. The summed E-state index contributed by atoms with van der Waals surface area (Å²) in [5, 5.41) is 21.2. The number of hydrazine groups is 2. The van der Waals surface area contributed by atoms with E-state index in [1.165, 1.54) is 6.33 Å². The number of hydrogen-bond acceptors (Lipinski definition) is 7. The topological polar surface area (TPSA) is 93.5 Å². The molecule has 4 N–H and O–H groups in total. The van der Waals surface area contributed by atoms with Crippen molar-refractivity contribution in [1.29, 1.82) is 0 Å². The van der Waals surface area contributed by atoms with Crippen molar-refractivity contribution in [1.82, 2.24) is 15.5 Å². The monoisotopic (exact) mass is 271 g/mol. The molecule has 0 saturated heterocycles. The zero-order valence-electron chi connectivity index (χ0n) is 9.54. The number of rotatable bonds is 2. The molecule has 0 spiro atoms. The minimum atomic E-state index is -0.483. The molecule has 0 amide bonds. The van der Waals surface area contributed by atoms with Gasteiger partial charge in [-0.15, -0.1) is 5.53 Å². The molecule has 1 fully saturated rings. The van der Waals surface area contributed by atoms with Crippen LogP contribution in [0.4, 0.5) is 11.5 Å². The van der Waals surface area contributed by atoms with Gasteiger partial charge in [-0.3, -0.25) is 10.4 Å². The molecule has 0 aromatic carbocycles.